The van der Waals surface area contributed by atoms with Gasteiger partial charge in [-0.3, -0.25) is 23.0 Å². The average Bonchev–Trinajstić information content (AvgIpc) is 3.29. The highest BCUT2D eigenvalue weighted by Gasteiger charge is 2.27. The summed E-state index contributed by atoms with van der Waals surface area (Å²) >= 11 is 4.97. The van der Waals surface area contributed by atoms with Gasteiger partial charge in [-0.25, -0.2) is 4.79 Å². The lowest BCUT2D eigenvalue weighted by atomic mass is 9.82. The first-order chi connectivity index (χ1) is 29.2. The number of nitrogens with zero attached hydrogens (tertiary/aromatic N) is 3. The third-order valence-electron chi connectivity index (χ3n) is 8.99. The minimum absolute atomic E-state index is 0. The van der Waals surface area contributed by atoms with E-state index in [-0.39, 0.29) is 57.5 Å². The van der Waals surface area contributed by atoms with Crippen LogP contribution in [0.3, 0.4) is 0 Å². The Morgan fingerprint density at radius 2 is 1.06 bits per heavy atom. The molecule has 4 N–H and O–H groups in total. The number of aliphatic imine (C=N–C) groups is 1. The lowest BCUT2D eigenvalue weighted by molar-refractivity contribution is -0.147. The summed E-state index contributed by atoms with van der Waals surface area (Å²) in [5.74, 6) is -0.282. The summed E-state index contributed by atoms with van der Waals surface area (Å²) in [5.41, 5.74) is 12.7. The Morgan fingerprint density at radius 1 is 0.667 bits per heavy atom. The van der Waals surface area contributed by atoms with Crippen LogP contribution in [0.1, 0.15) is 95.4 Å². The lowest BCUT2D eigenvalue weighted by Gasteiger charge is -2.26. The molecule has 0 radical (unpaired) electrons. The zero-order valence-corrected chi connectivity index (χ0v) is 37.4. The maximum absolute atomic E-state index is 12.5. The lowest BCUT2D eigenvalue weighted by Crippen LogP contribution is -2.33. The fourth-order valence-electron chi connectivity index (χ4n) is 5.38. The first kappa shape index (κ1) is 59.9. The van der Waals surface area contributed by atoms with Crippen molar-refractivity contribution in [2.24, 2.45) is 21.9 Å². The van der Waals surface area contributed by atoms with Crippen molar-refractivity contribution >= 4 is 41.1 Å². The number of rotatable bonds is 19. The van der Waals surface area contributed by atoms with Crippen molar-refractivity contribution in [3.63, 3.8) is 0 Å². The van der Waals surface area contributed by atoms with Crippen LogP contribution in [-0.2, 0) is 27.5 Å². The second-order valence-corrected chi connectivity index (χ2v) is 15.1. The third kappa shape index (κ3) is 27.4. The Morgan fingerprint density at radius 3 is 1.44 bits per heavy atom. The highest BCUT2D eigenvalue weighted by molar-refractivity contribution is 6.61. The number of hydrogen-bond donors (Lipinski definition) is 2. The maximum atomic E-state index is 12.5. The summed E-state index contributed by atoms with van der Waals surface area (Å²) in [6.45, 7) is 4.91. The van der Waals surface area contributed by atoms with Crippen LogP contribution in [0.25, 0.3) is 0 Å². The van der Waals surface area contributed by atoms with Crippen LogP contribution in [0.15, 0.2) is 126 Å². The SMILES string of the molecule is C.CC(C#N)(CCCF)N=C(c1ccccc1)c1ccccc1.CC(CN)(CCCF)CC(=O)OCc1ccccc1.CC(N)(C#N)CCCF.Cl.O=C(Cl)OCc1ccccc1. The first-order valence-electron chi connectivity index (χ1n) is 19.9. The van der Waals surface area contributed by atoms with Gasteiger partial charge < -0.3 is 20.9 Å². The molecule has 0 fully saturated rings. The van der Waals surface area contributed by atoms with Gasteiger partial charge >= 0.3 is 11.4 Å². The van der Waals surface area contributed by atoms with Gasteiger partial charge in [0, 0.05) is 22.7 Å². The molecule has 0 saturated carbocycles. The molecule has 0 aromatic heterocycles. The molecule has 4 rings (SSSR count). The van der Waals surface area contributed by atoms with Crippen LogP contribution in [-0.4, -0.2) is 54.8 Å². The molecule has 0 aliphatic rings. The van der Waals surface area contributed by atoms with E-state index in [1.807, 2.05) is 134 Å². The summed E-state index contributed by atoms with van der Waals surface area (Å²) in [7, 11) is 0. The van der Waals surface area contributed by atoms with E-state index in [1.54, 1.807) is 13.8 Å². The van der Waals surface area contributed by atoms with E-state index in [0.717, 1.165) is 28.0 Å². The molecular weight excluding hydrogens is 850 g/mol. The van der Waals surface area contributed by atoms with E-state index in [1.165, 1.54) is 0 Å². The Hall–Kier alpha value is -5.24. The predicted molar refractivity (Wildman–Crippen MR) is 251 cm³/mol. The molecule has 0 heterocycles. The number of hydrogen-bond acceptors (Lipinski definition) is 9. The monoisotopic (exact) mass is 913 g/mol. The van der Waals surface area contributed by atoms with Gasteiger partial charge in [0.05, 0.1) is 44.3 Å². The molecule has 0 aliphatic carbocycles. The normalized spacial score (nSPS) is 12.6. The molecule has 3 unspecified atom stereocenters. The predicted octanol–water partition coefficient (Wildman–Crippen LogP) is 12.0. The average molecular weight is 915 g/mol. The zero-order chi connectivity index (χ0) is 45.4. The molecule has 14 heteroatoms. The standard InChI is InChI=1S/C19H19FN2.C15H22FNO2.C8H7ClO2.C6H11FN2.CH4.ClH/c1-19(15-21,13-8-14-20)22-18(16-9-4-2-5-10-16)17-11-6-3-7-12-17;1-15(12-17,8-5-9-16)10-14(18)19-11-13-6-3-2-4-7-13;9-8(10)11-6-7-4-2-1-3-5-7;1-6(9,5-8)3-2-4-7;;/h2-7,9-12H,8,13-14H2,1H3;2-4,6-7H,5,8-12,17H2,1H3;1-5H,6H2;2-4,9H2,1H3;1H4;1H. The minimum Gasteiger partial charge on any atom is -0.461 e. The van der Waals surface area contributed by atoms with Gasteiger partial charge in [0.1, 0.15) is 24.3 Å². The summed E-state index contributed by atoms with van der Waals surface area (Å²) in [6, 6.07) is 42.5. The van der Waals surface area contributed by atoms with E-state index in [4.69, 9.17) is 38.1 Å². The smallest absolute Gasteiger partial charge is 0.404 e. The highest BCUT2D eigenvalue weighted by Crippen LogP contribution is 2.27. The van der Waals surface area contributed by atoms with Crippen molar-refractivity contribution < 1.29 is 32.2 Å². The Bertz CT molecular complexity index is 1880. The number of alkyl halides is 3. The van der Waals surface area contributed by atoms with Crippen molar-refractivity contribution in [1.82, 2.24) is 0 Å². The Balaban J connectivity index is 0. The summed E-state index contributed by atoms with van der Waals surface area (Å²) < 4.78 is 46.0. The minimum atomic E-state index is -0.924. The van der Waals surface area contributed by atoms with Gasteiger partial charge in [0.15, 0.2) is 0 Å². The van der Waals surface area contributed by atoms with Gasteiger partial charge in [0.2, 0.25) is 0 Å². The molecule has 0 spiro atoms. The molecule has 0 amide bonds. The molecule has 4 aromatic rings. The molecule has 4 aromatic carbocycles. The Kier molecular flexibility index (Phi) is 32.6. The van der Waals surface area contributed by atoms with E-state index in [9.17, 15) is 28.0 Å². The van der Waals surface area contributed by atoms with Gasteiger partial charge in [-0.05, 0) is 75.5 Å². The maximum Gasteiger partial charge on any atom is 0.404 e. The Labute approximate surface area is 384 Å². The van der Waals surface area contributed by atoms with Crippen LogP contribution < -0.4 is 11.5 Å². The van der Waals surface area contributed by atoms with Crippen LogP contribution in [0.2, 0.25) is 0 Å². The fourth-order valence-corrected chi connectivity index (χ4v) is 5.43. The summed E-state index contributed by atoms with van der Waals surface area (Å²) in [6.07, 6.45) is 2.81. The van der Waals surface area contributed by atoms with Crippen LogP contribution in [0.5, 0.6) is 0 Å². The van der Waals surface area contributed by atoms with E-state index >= 15 is 0 Å². The van der Waals surface area contributed by atoms with Gasteiger partial charge in [-0.1, -0.05) is 136 Å². The van der Waals surface area contributed by atoms with Crippen LogP contribution >= 0.6 is 24.0 Å². The van der Waals surface area contributed by atoms with Crippen LogP contribution in [0, 0.1) is 28.1 Å². The number of carbonyl (C=O) groups excluding carboxylic acids is 2. The first-order valence-corrected chi connectivity index (χ1v) is 20.3. The second kappa shape index (κ2) is 34.3. The number of esters is 1. The van der Waals surface area contributed by atoms with E-state index in [2.05, 4.69) is 10.8 Å². The van der Waals surface area contributed by atoms with Crippen molar-refractivity contribution in [2.75, 3.05) is 26.6 Å². The highest BCUT2D eigenvalue weighted by atomic mass is 35.5. The molecule has 344 valence electrons. The molecule has 0 aliphatic heterocycles. The molecule has 0 saturated heterocycles. The number of benzene rings is 4. The topological polar surface area (TPSA) is 165 Å². The fraction of sp³-hybridized carbons (Fsp3) is 0.408. The van der Waals surface area contributed by atoms with Crippen LogP contribution in [0.4, 0.5) is 18.0 Å². The van der Waals surface area contributed by atoms with Crippen molar-refractivity contribution in [3.05, 3.63) is 144 Å². The molecule has 63 heavy (non-hydrogen) atoms. The van der Waals surface area contributed by atoms with E-state index in [0.29, 0.717) is 45.1 Å². The van der Waals surface area contributed by atoms with Crippen molar-refractivity contribution in [2.45, 2.75) is 97.4 Å². The molecule has 3 atom stereocenters. The molecule has 0 bridgehead atoms. The van der Waals surface area contributed by atoms with Gasteiger partial charge in [-0.2, -0.15) is 10.5 Å². The number of carbonyl (C=O) groups is 2. The third-order valence-corrected chi connectivity index (χ3v) is 9.10. The van der Waals surface area contributed by atoms with Crippen molar-refractivity contribution in [1.29, 1.82) is 10.5 Å². The summed E-state index contributed by atoms with van der Waals surface area (Å²) in [4.78, 5) is 26.6. The molecular formula is C49H64Cl2F3N5O4. The summed E-state index contributed by atoms with van der Waals surface area (Å²) in [5, 5.41) is 17.8. The number of nitriles is 2. The number of nitrogens with two attached hydrogens (primary N) is 2. The number of halogens is 5. The number of ether oxygens (including phenoxy) is 2. The quantitative estimate of drug-likeness (QED) is 0.0533. The van der Waals surface area contributed by atoms with Gasteiger partial charge in [0.25, 0.3) is 0 Å². The largest absolute Gasteiger partial charge is 0.461 e. The van der Waals surface area contributed by atoms with Gasteiger partial charge in [-0.15, -0.1) is 12.4 Å². The van der Waals surface area contributed by atoms with E-state index < -0.39 is 29.9 Å². The molecule has 9 nitrogen and oxygen atoms in total. The second-order valence-electron chi connectivity index (χ2n) is 14.8. The zero-order valence-electron chi connectivity index (χ0n) is 35.8. The van der Waals surface area contributed by atoms with Crippen molar-refractivity contribution in [3.8, 4) is 12.1 Å².